The first-order valence-corrected chi connectivity index (χ1v) is 6.61. The Balaban J connectivity index is 2.11. The molecule has 5 nitrogen and oxygen atoms in total. The lowest BCUT2D eigenvalue weighted by atomic mass is 10.2. The summed E-state index contributed by atoms with van der Waals surface area (Å²) in [5.41, 5.74) is 0.726. The van der Waals surface area contributed by atoms with Gasteiger partial charge in [0.25, 0.3) is 0 Å². The molecule has 0 aliphatic carbocycles. The summed E-state index contributed by atoms with van der Waals surface area (Å²) in [6, 6.07) is 8.96. The van der Waals surface area contributed by atoms with E-state index in [4.69, 9.17) is 0 Å². The normalized spacial score (nSPS) is 11.1. The Hall–Kier alpha value is -1.95. The van der Waals surface area contributed by atoms with Crippen LogP contribution < -0.4 is 4.72 Å². The van der Waals surface area contributed by atoms with Crippen LogP contribution >= 0.6 is 0 Å². The van der Waals surface area contributed by atoms with Gasteiger partial charge in [-0.1, -0.05) is 30.3 Å². The largest absolute Gasteiger partial charge is 0.266 e. The third-order valence-electron chi connectivity index (χ3n) is 2.02. The van der Waals surface area contributed by atoms with Crippen LogP contribution in [0.25, 0.3) is 0 Å². The van der Waals surface area contributed by atoms with E-state index in [9.17, 15) is 8.42 Å². The number of aromatic nitrogens is 2. The summed E-state index contributed by atoms with van der Waals surface area (Å²) in [6.07, 6.45) is 4.28. The van der Waals surface area contributed by atoms with Crippen molar-refractivity contribution >= 4 is 15.8 Å². The van der Waals surface area contributed by atoms with Gasteiger partial charge in [-0.2, -0.15) is 0 Å². The first-order valence-electron chi connectivity index (χ1n) is 4.96. The zero-order valence-electron chi connectivity index (χ0n) is 8.95. The minimum absolute atomic E-state index is 0.0790. The molecule has 6 heteroatoms. The predicted octanol–water partition coefficient (Wildman–Crippen LogP) is 1.42. The molecular formula is C11H11N3O2S. The van der Waals surface area contributed by atoms with Crippen LogP contribution in [-0.2, 0) is 15.8 Å². The van der Waals surface area contributed by atoms with Crippen molar-refractivity contribution in [1.29, 1.82) is 0 Å². The summed E-state index contributed by atoms with van der Waals surface area (Å²) in [6.45, 7) is 0. The molecule has 0 unspecified atom stereocenters. The SMILES string of the molecule is O=S(=O)(Cc1ccccc1)Nc1cnccn1. The molecule has 0 saturated carbocycles. The van der Waals surface area contributed by atoms with Gasteiger partial charge in [-0.15, -0.1) is 0 Å². The molecule has 17 heavy (non-hydrogen) atoms. The molecule has 0 saturated heterocycles. The molecule has 0 atom stereocenters. The number of nitrogens with one attached hydrogen (secondary N) is 1. The van der Waals surface area contributed by atoms with Gasteiger partial charge in [0.2, 0.25) is 10.0 Å². The predicted molar refractivity (Wildman–Crippen MR) is 64.7 cm³/mol. The van der Waals surface area contributed by atoms with E-state index in [0.29, 0.717) is 0 Å². The third-order valence-corrected chi connectivity index (χ3v) is 3.26. The second-order valence-corrected chi connectivity index (χ2v) is 5.16. The lowest BCUT2D eigenvalue weighted by Gasteiger charge is -2.06. The summed E-state index contributed by atoms with van der Waals surface area (Å²) < 4.78 is 25.9. The maximum absolute atomic E-state index is 11.8. The molecule has 0 amide bonds. The fourth-order valence-electron chi connectivity index (χ4n) is 1.34. The lowest BCUT2D eigenvalue weighted by Crippen LogP contribution is -2.15. The first kappa shape index (κ1) is 11.5. The maximum Gasteiger partial charge on any atom is 0.238 e. The molecule has 1 heterocycles. The Morgan fingerprint density at radius 1 is 1.12 bits per heavy atom. The molecule has 0 aliphatic heterocycles. The summed E-state index contributed by atoms with van der Waals surface area (Å²) in [7, 11) is -3.44. The van der Waals surface area contributed by atoms with Crippen molar-refractivity contribution in [2.75, 3.05) is 4.72 Å². The highest BCUT2D eigenvalue weighted by Crippen LogP contribution is 2.08. The summed E-state index contributed by atoms with van der Waals surface area (Å²) in [5.74, 6) is 0.146. The number of hydrogen-bond acceptors (Lipinski definition) is 4. The minimum atomic E-state index is -3.44. The topological polar surface area (TPSA) is 72.0 Å². The second-order valence-electron chi connectivity index (χ2n) is 3.44. The van der Waals surface area contributed by atoms with Gasteiger partial charge in [-0.25, -0.2) is 13.4 Å². The van der Waals surface area contributed by atoms with Crippen molar-refractivity contribution in [1.82, 2.24) is 9.97 Å². The van der Waals surface area contributed by atoms with E-state index in [1.165, 1.54) is 18.6 Å². The van der Waals surface area contributed by atoms with Crippen LogP contribution in [0.5, 0.6) is 0 Å². The smallest absolute Gasteiger partial charge is 0.238 e. The van der Waals surface area contributed by atoms with E-state index in [1.807, 2.05) is 6.07 Å². The van der Waals surface area contributed by atoms with E-state index in [-0.39, 0.29) is 11.6 Å². The average Bonchev–Trinajstić information content (AvgIpc) is 2.30. The molecule has 0 bridgehead atoms. The van der Waals surface area contributed by atoms with Gasteiger partial charge < -0.3 is 0 Å². The van der Waals surface area contributed by atoms with Crippen LogP contribution in [0.1, 0.15) is 5.56 Å². The van der Waals surface area contributed by atoms with Gasteiger partial charge in [0.1, 0.15) is 0 Å². The van der Waals surface area contributed by atoms with Crippen LogP contribution in [-0.4, -0.2) is 18.4 Å². The molecule has 0 aliphatic rings. The van der Waals surface area contributed by atoms with E-state index < -0.39 is 10.0 Å². The quantitative estimate of drug-likeness (QED) is 0.889. The van der Waals surface area contributed by atoms with Crippen LogP contribution in [0.2, 0.25) is 0 Å². The van der Waals surface area contributed by atoms with Gasteiger partial charge in [-0.3, -0.25) is 9.71 Å². The fraction of sp³-hybridized carbons (Fsp3) is 0.0909. The van der Waals surface area contributed by atoms with E-state index in [2.05, 4.69) is 14.7 Å². The molecular weight excluding hydrogens is 238 g/mol. The van der Waals surface area contributed by atoms with E-state index >= 15 is 0 Å². The molecule has 2 aromatic rings. The zero-order valence-corrected chi connectivity index (χ0v) is 9.76. The Kier molecular flexibility index (Phi) is 3.34. The van der Waals surface area contributed by atoms with Crippen molar-refractivity contribution < 1.29 is 8.42 Å². The number of hydrogen-bond donors (Lipinski definition) is 1. The number of nitrogens with zero attached hydrogens (tertiary/aromatic N) is 2. The lowest BCUT2D eigenvalue weighted by molar-refractivity contribution is 0.600. The van der Waals surface area contributed by atoms with Crippen LogP contribution in [0, 0.1) is 0 Å². The second kappa shape index (κ2) is 4.92. The number of rotatable bonds is 4. The first-order chi connectivity index (χ1) is 8.16. The van der Waals surface area contributed by atoms with E-state index in [1.54, 1.807) is 24.3 Å². The molecule has 1 aromatic heterocycles. The van der Waals surface area contributed by atoms with Crippen LogP contribution in [0.3, 0.4) is 0 Å². The molecule has 0 fully saturated rings. The van der Waals surface area contributed by atoms with Gasteiger partial charge in [-0.05, 0) is 5.56 Å². The van der Waals surface area contributed by atoms with Gasteiger partial charge >= 0.3 is 0 Å². The standard InChI is InChI=1S/C11H11N3O2S/c15-17(16,9-10-4-2-1-3-5-10)14-11-8-12-6-7-13-11/h1-8H,9H2,(H,13,14). The molecule has 2 rings (SSSR count). The Bertz CT molecular complexity index is 523. The van der Waals surface area contributed by atoms with Crippen molar-refractivity contribution in [2.24, 2.45) is 0 Å². The number of anilines is 1. The molecule has 1 N–H and O–H groups in total. The highest BCUT2D eigenvalue weighted by molar-refractivity contribution is 7.91. The summed E-state index contributed by atoms with van der Waals surface area (Å²) in [5, 5.41) is 0. The van der Waals surface area contributed by atoms with Crippen LogP contribution in [0.4, 0.5) is 5.82 Å². The number of sulfonamides is 1. The van der Waals surface area contributed by atoms with Crippen molar-refractivity contribution in [2.45, 2.75) is 5.75 Å². The van der Waals surface area contributed by atoms with Gasteiger partial charge in [0.05, 0.1) is 11.9 Å². The van der Waals surface area contributed by atoms with Crippen molar-refractivity contribution in [3.63, 3.8) is 0 Å². The highest BCUT2D eigenvalue weighted by atomic mass is 32.2. The Morgan fingerprint density at radius 3 is 2.53 bits per heavy atom. The van der Waals surface area contributed by atoms with E-state index in [0.717, 1.165) is 5.56 Å². The minimum Gasteiger partial charge on any atom is -0.266 e. The van der Waals surface area contributed by atoms with Gasteiger partial charge in [0.15, 0.2) is 5.82 Å². The number of benzene rings is 1. The van der Waals surface area contributed by atoms with Crippen molar-refractivity contribution in [3.8, 4) is 0 Å². The molecule has 1 aromatic carbocycles. The monoisotopic (exact) mass is 249 g/mol. The molecule has 88 valence electrons. The summed E-state index contributed by atoms with van der Waals surface area (Å²) in [4.78, 5) is 7.64. The average molecular weight is 249 g/mol. The maximum atomic E-state index is 11.8. The molecule has 0 radical (unpaired) electrons. The highest BCUT2D eigenvalue weighted by Gasteiger charge is 2.11. The zero-order chi connectivity index (χ0) is 12.1. The third kappa shape index (κ3) is 3.53. The summed E-state index contributed by atoms with van der Waals surface area (Å²) >= 11 is 0. The Morgan fingerprint density at radius 2 is 1.88 bits per heavy atom. The Labute approximate surface area is 99.6 Å². The van der Waals surface area contributed by atoms with Crippen molar-refractivity contribution in [3.05, 3.63) is 54.5 Å². The van der Waals surface area contributed by atoms with Gasteiger partial charge in [0, 0.05) is 12.4 Å². The van der Waals surface area contributed by atoms with Crippen LogP contribution in [0.15, 0.2) is 48.9 Å². The molecule has 0 spiro atoms. The fourth-order valence-corrected chi connectivity index (χ4v) is 2.47.